The van der Waals surface area contributed by atoms with Crippen LogP contribution >= 0.6 is 0 Å². The smallest absolute Gasteiger partial charge is 0.269 e. The van der Waals surface area contributed by atoms with Gasteiger partial charge in [-0.05, 0) is 11.6 Å². The number of halogens is 1. The molecule has 1 N–H and O–H groups in total. The Balaban J connectivity index is 2.03. The molecule has 0 aliphatic heterocycles. The molecule has 0 saturated heterocycles. The van der Waals surface area contributed by atoms with Gasteiger partial charge in [0.25, 0.3) is 11.6 Å². The molecule has 102 valence electrons. The first-order valence-corrected chi connectivity index (χ1v) is 5.69. The average molecular weight is 275 g/mol. The topological polar surface area (TPSA) is 85.1 Å². The van der Waals surface area contributed by atoms with E-state index in [2.05, 4.69) is 10.3 Å². The van der Waals surface area contributed by atoms with Crippen LogP contribution < -0.4 is 5.32 Å². The lowest BCUT2D eigenvalue weighted by Gasteiger charge is -2.05. The van der Waals surface area contributed by atoms with Gasteiger partial charge in [-0.3, -0.25) is 14.9 Å². The van der Waals surface area contributed by atoms with Crippen molar-refractivity contribution < 1.29 is 14.1 Å². The zero-order valence-corrected chi connectivity index (χ0v) is 10.2. The minimum Gasteiger partial charge on any atom is -0.348 e. The van der Waals surface area contributed by atoms with Crippen molar-refractivity contribution in [1.29, 1.82) is 0 Å². The molecule has 0 saturated carbocycles. The summed E-state index contributed by atoms with van der Waals surface area (Å²) in [5.41, 5.74) is 0.678. The van der Waals surface area contributed by atoms with Gasteiger partial charge >= 0.3 is 0 Å². The summed E-state index contributed by atoms with van der Waals surface area (Å²) in [4.78, 5) is 25.2. The summed E-state index contributed by atoms with van der Waals surface area (Å²) in [6, 6.07) is 8.32. The minimum atomic E-state index is -0.743. The first-order valence-electron chi connectivity index (χ1n) is 5.69. The molecule has 20 heavy (non-hydrogen) atoms. The Morgan fingerprint density at radius 2 is 2.15 bits per heavy atom. The second kappa shape index (κ2) is 5.87. The Morgan fingerprint density at radius 3 is 2.85 bits per heavy atom. The molecule has 1 aromatic heterocycles. The molecule has 0 aliphatic carbocycles. The minimum absolute atomic E-state index is 0.0493. The standard InChI is InChI=1S/C13H10FN3O3/c14-12-7-10(4-5-15-12)13(18)16-8-9-2-1-3-11(6-9)17(19)20/h1-7H,8H2,(H,16,18). The molecule has 6 nitrogen and oxygen atoms in total. The third-order valence-corrected chi connectivity index (χ3v) is 2.56. The van der Waals surface area contributed by atoms with Crippen LogP contribution in [0, 0.1) is 16.1 Å². The van der Waals surface area contributed by atoms with Gasteiger partial charge < -0.3 is 5.32 Å². The van der Waals surface area contributed by atoms with Crippen molar-refractivity contribution in [3.63, 3.8) is 0 Å². The Labute approximate surface area is 113 Å². The maximum absolute atomic E-state index is 12.9. The first kappa shape index (κ1) is 13.6. The highest BCUT2D eigenvalue weighted by Crippen LogP contribution is 2.13. The van der Waals surface area contributed by atoms with Crippen LogP contribution in [-0.2, 0) is 6.54 Å². The number of carbonyl (C=O) groups excluding carboxylic acids is 1. The van der Waals surface area contributed by atoms with Crippen molar-refractivity contribution >= 4 is 11.6 Å². The molecule has 1 aromatic carbocycles. The van der Waals surface area contributed by atoms with Gasteiger partial charge in [-0.1, -0.05) is 12.1 Å². The van der Waals surface area contributed by atoms with E-state index in [4.69, 9.17) is 0 Å². The Morgan fingerprint density at radius 1 is 1.35 bits per heavy atom. The quantitative estimate of drug-likeness (QED) is 0.525. The largest absolute Gasteiger partial charge is 0.348 e. The molecule has 0 atom stereocenters. The molecule has 0 aliphatic rings. The predicted molar refractivity (Wildman–Crippen MR) is 68.5 cm³/mol. The van der Waals surface area contributed by atoms with E-state index in [1.54, 1.807) is 6.07 Å². The van der Waals surface area contributed by atoms with Gasteiger partial charge in [0.15, 0.2) is 0 Å². The van der Waals surface area contributed by atoms with E-state index in [0.717, 1.165) is 6.07 Å². The molecule has 0 bridgehead atoms. The highest BCUT2D eigenvalue weighted by molar-refractivity contribution is 5.93. The van der Waals surface area contributed by atoms with Crippen molar-refractivity contribution in [2.24, 2.45) is 0 Å². The van der Waals surface area contributed by atoms with Crippen molar-refractivity contribution in [3.8, 4) is 0 Å². The van der Waals surface area contributed by atoms with Crippen LogP contribution in [0.2, 0.25) is 0 Å². The molecule has 0 unspecified atom stereocenters. The number of benzene rings is 1. The SMILES string of the molecule is O=C(NCc1cccc([N+](=O)[O-])c1)c1ccnc(F)c1. The van der Waals surface area contributed by atoms with E-state index in [1.165, 1.54) is 30.5 Å². The number of nitrogens with zero attached hydrogens (tertiary/aromatic N) is 2. The summed E-state index contributed by atoms with van der Waals surface area (Å²) in [6.07, 6.45) is 1.19. The zero-order chi connectivity index (χ0) is 14.5. The highest BCUT2D eigenvalue weighted by Gasteiger charge is 2.09. The van der Waals surface area contributed by atoms with Gasteiger partial charge in [0, 0.05) is 36.5 Å². The van der Waals surface area contributed by atoms with Crippen LogP contribution in [0.4, 0.5) is 10.1 Å². The third-order valence-electron chi connectivity index (χ3n) is 2.56. The lowest BCUT2D eigenvalue weighted by molar-refractivity contribution is -0.384. The Hall–Kier alpha value is -2.83. The van der Waals surface area contributed by atoms with Crippen LogP contribution in [0.1, 0.15) is 15.9 Å². The second-order valence-electron chi connectivity index (χ2n) is 3.98. The number of aromatic nitrogens is 1. The fraction of sp³-hybridized carbons (Fsp3) is 0.0769. The van der Waals surface area contributed by atoms with Gasteiger partial charge in [0.2, 0.25) is 5.95 Å². The molecule has 0 spiro atoms. The molecular formula is C13H10FN3O3. The van der Waals surface area contributed by atoms with Crippen molar-refractivity contribution in [1.82, 2.24) is 10.3 Å². The number of nitro groups is 1. The number of nitrogens with one attached hydrogen (secondary N) is 1. The molecule has 0 radical (unpaired) electrons. The predicted octanol–water partition coefficient (Wildman–Crippen LogP) is 2.06. The molecule has 2 rings (SSSR count). The number of amides is 1. The van der Waals surface area contributed by atoms with Crippen molar-refractivity contribution in [3.05, 3.63) is 69.8 Å². The van der Waals surface area contributed by atoms with Crippen LogP contribution in [0.5, 0.6) is 0 Å². The number of nitro benzene ring substituents is 1. The van der Waals surface area contributed by atoms with E-state index in [1.807, 2.05) is 0 Å². The molecule has 2 aromatic rings. The summed E-state index contributed by atoms with van der Waals surface area (Å²) >= 11 is 0. The molecule has 1 heterocycles. The maximum atomic E-state index is 12.9. The summed E-state index contributed by atoms with van der Waals surface area (Å²) < 4.78 is 12.9. The Bertz CT molecular complexity index is 661. The van der Waals surface area contributed by atoms with Crippen molar-refractivity contribution in [2.45, 2.75) is 6.54 Å². The number of hydrogen-bond donors (Lipinski definition) is 1. The van der Waals surface area contributed by atoms with Crippen LogP contribution in [-0.4, -0.2) is 15.8 Å². The van der Waals surface area contributed by atoms with Gasteiger partial charge in [-0.15, -0.1) is 0 Å². The van der Waals surface area contributed by atoms with E-state index in [0.29, 0.717) is 5.56 Å². The summed E-state index contributed by atoms with van der Waals surface area (Å²) in [7, 11) is 0. The van der Waals surface area contributed by atoms with Gasteiger partial charge in [-0.2, -0.15) is 4.39 Å². The van der Waals surface area contributed by atoms with Gasteiger partial charge in [0.1, 0.15) is 0 Å². The van der Waals surface area contributed by atoms with Crippen LogP contribution in [0.25, 0.3) is 0 Å². The number of pyridine rings is 1. The van der Waals surface area contributed by atoms with E-state index >= 15 is 0 Å². The van der Waals surface area contributed by atoms with Gasteiger partial charge in [-0.25, -0.2) is 4.98 Å². The normalized spacial score (nSPS) is 10.1. The number of carbonyl (C=O) groups is 1. The van der Waals surface area contributed by atoms with Crippen molar-refractivity contribution in [2.75, 3.05) is 0 Å². The zero-order valence-electron chi connectivity index (χ0n) is 10.2. The van der Waals surface area contributed by atoms with E-state index in [-0.39, 0.29) is 17.8 Å². The summed E-state index contributed by atoms with van der Waals surface area (Å²) in [6.45, 7) is 0.116. The molecule has 7 heteroatoms. The molecular weight excluding hydrogens is 265 g/mol. The van der Waals surface area contributed by atoms with E-state index in [9.17, 15) is 19.3 Å². The monoisotopic (exact) mass is 275 g/mol. The molecule has 1 amide bonds. The lowest BCUT2D eigenvalue weighted by Crippen LogP contribution is -2.23. The summed E-state index contributed by atoms with van der Waals surface area (Å²) in [5.74, 6) is -1.22. The van der Waals surface area contributed by atoms with Crippen LogP contribution in [0.15, 0.2) is 42.6 Å². The average Bonchev–Trinajstić information content (AvgIpc) is 2.45. The fourth-order valence-corrected chi connectivity index (χ4v) is 1.61. The number of non-ortho nitro benzene ring substituents is 1. The van der Waals surface area contributed by atoms with Crippen LogP contribution in [0.3, 0.4) is 0 Å². The summed E-state index contributed by atoms with van der Waals surface area (Å²) in [5, 5.41) is 13.2. The fourth-order valence-electron chi connectivity index (χ4n) is 1.61. The second-order valence-corrected chi connectivity index (χ2v) is 3.98. The Kier molecular flexibility index (Phi) is 3.99. The van der Waals surface area contributed by atoms with Gasteiger partial charge in [0.05, 0.1) is 4.92 Å². The number of rotatable bonds is 4. The lowest BCUT2D eigenvalue weighted by atomic mass is 10.2. The molecule has 0 fully saturated rings. The highest BCUT2D eigenvalue weighted by atomic mass is 19.1. The maximum Gasteiger partial charge on any atom is 0.269 e. The third kappa shape index (κ3) is 3.35. The number of hydrogen-bond acceptors (Lipinski definition) is 4. The first-order chi connectivity index (χ1) is 9.56. The van der Waals surface area contributed by atoms with E-state index < -0.39 is 16.8 Å².